The van der Waals surface area contributed by atoms with Crippen LogP contribution >= 0.6 is 0 Å². The Kier molecular flexibility index (Phi) is 3.41. The molecule has 0 amide bonds. The van der Waals surface area contributed by atoms with Crippen molar-refractivity contribution in [1.29, 1.82) is 0 Å². The maximum Gasteiger partial charge on any atom is 0.143 e. The van der Waals surface area contributed by atoms with Crippen LogP contribution in [0.25, 0.3) is 5.69 Å². The number of nitrogens with one attached hydrogen (secondary N) is 1. The minimum atomic E-state index is 0.259. The van der Waals surface area contributed by atoms with Crippen LogP contribution in [0.3, 0.4) is 0 Å². The Balaban J connectivity index is 1.72. The van der Waals surface area contributed by atoms with Gasteiger partial charge in [0.15, 0.2) is 0 Å². The van der Waals surface area contributed by atoms with Crippen LogP contribution in [-0.2, 0) is 0 Å². The number of hydrogen-bond donors (Lipinski definition) is 1. The molecule has 0 aliphatic heterocycles. The minimum absolute atomic E-state index is 0.259. The van der Waals surface area contributed by atoms with Gasteiger partial charge in [0, 0.05) is 11.7 Å². The number of anilines is 1. The van der Waals surface area contributed by atoms with Crippen molar-refractivity contribution in [1.82, 2.24) is 20.2 Å². The van der Waals surface area contributed by atoms with E-state index < -0.39 is 0 Å². The molecule has 1 unspecified atom stereocenters. The third-order valence-electron chi connectivity index (χ3n) is 3.16. The second-order valence-electron chi connectivity index (χ2n) is 4.58. The van der Waals surface area contributed by atoms with Gasteiger partial charge < -0.3 is 5.32 Å². The van der Waals surface area contributed by atoms with Crippen LogP contribution in [0.2, 0.25) is 0 Å². The molecular weight excluding hydrogens is 250 g/mol. The third kappa shape index (κ3) is 2.66. The zero-order valence-corrected chi connectivity index (χ0v) is 11.1. The van der Waals surface area contributed by atoms with Crippen molar-refractivity contribution >= 4 is 5.69 Å². The number of rotatable bonds is 4. The van der Waals surface area contributed by atoms with E-state index in [-0.39, 0.29) is 6.04 Å². The second kappa shape index (κ2) is 5.52. The van der Waals surface area contributed by atoms with Gasteiger partial charge in [0.05, 0.1) is 5.69 Å². The lowest BCUT2D eigenvalue weighted by Gasteiger charge is -2.15. The molecular formula is C15H15N5. The molecule has 20 heavy (non-hydrogen) atoms. The minimum Gasteiger partial charge on any atom is -0.379 e. The lowest BCUT2D eigenvalue weighted by molar-refractivity contribution is 0.789. The first kappa shape index (κ1) is 12.3. The molecule has 0 spiro atoms. The zero-order chi connectivity index (χ0) is 13.8. The summed E-state index contributed by atoms with van der Waals surface area (Å²) in [5, 5.41) is 14.6. The van der Waals surface area contributed by atoms with E-state index >= 15 is 0 Å². The lowest BCUT2D eigenvalue weighted by atomic mass is 10.1. The van der Waals surface area contributed by atoms with E-state index in [1.165, 1.54) is 5.56 Å². The highest BCUT2D eigenvalue weighted by Gasteiger charge is 2.04. The van der Waals surface area contributed by atoms with E-state index in [0.29, 0.717) is 0 Å². The predicted octanol–water partition coefficient (Wildman–Crippen LogP) is 2.84. The first-order chi connectivity index (χ1) is 9.83. The Bertz CT molecular complexity index is 647. The summed E-state index contributed by atoms with van der Waals surface area (Å²) < 4.78 is 1.63. The van der Waals surface area contributed by atoms with Crippen LogP contribution < -0.4 is 5.32 Å². The molecule has 0 bridgehead atoms. The van der Waals surface area contributed by atoms with E-state index in [1.807, 2.05) is 42.5 Å². The molecule has 1 atom stereocenters. The van der Waals surface area contributed by atoms with Gasteiger partial charge >= 0.3 is 0 Å². The van der Waals surface area contributed by atoms with E-state index in [1.54, 1.807) is 11.0 Å². The summed E-state index contributed by atoms with van der Waals surface area (Å²) in [6, 6.07) is 18.6. The van der Waals surface area contributed by atoms with Crippen molar-refractivity contribution in [3.8, 4) is 5.69 Å². The average Bonchev–Trinajstić information content (AvgIpc) is 3.03. The fourth-order valence-electron chi connectivity index (χ4n) is 2.07. The molecule has 3 aromatic rings. The van der Waals surface area contributed by atoms with E-state index in [9.17, 15) is 0 Å². The molecule has 2 aromatic carbocycles. The van der Waals surface area contributed by atoms with Crippen LogP contribution in [0.15, 0.2) is 60.9 Å². The van der Waals surface area contributed by atoms with Gasteiger partial charge in [0.1, 0.15) is 6.33 Å². The third-order valence-corrected chi connectivity index (χ3v) is 3.16. The summed E-state index contributed by atoms with van der Waals surface area (Å²) in [6.07, 6.45) is 1.58. The highest BCUT2D eigenvalue weighted by atomic mass is 15.5. The molecule has 0 radical (unpaired) electrons. The number of hydrogen-bond acceptors (Lipinski definition) is 4. The van der Waals surface area contributed by atoms with Gasteiger partial charge in [0.2, 0.25) is 0 Å². The van der Waals surface area contributed by atoms with Crippen molar-refractivity contribution < 1.29 is 0 Å². The largest absolute Gasteiger partial charge is 0.379 e. The molecule has 1 aromatic heterocycles. The first-order valence-corrected chi connectivity index (χ1v) is 6.48. The molecule has 0 aliphatic carbocycles. The quantitative estimate of drug-likeness (QED) is 0.788. The first-order valence-electron chi connectivity index (χ1n) is 6.48. The molecule has 0 saturated carbocycles. The van der Waals surface area contributed by atoms with Crippen LogP contribution in [0, 0.1) is 0 Å². The molecule has 3 rings (SSSR count). The smallest absolute Gasteiger partial charge is 0.143 e. The average molecular weight is 265 g/mol. The molecule has 5 heteroatoms. The van der Waals surface area contributed by atoms with E-state index in [2.05, 4.69) is 39.9 Å². The van der Waals surface area contributed by atoms with Crippen molar-refractivity contribution in [3.63, 3.8) is 0 Å². The summed E-state index contributed by atoms with van der Waals surface area (Å²) in [7, 11) is 0. The van der Waals surface area contributed by atoms with Gasteiger partial charge in [0.25, 0.3) is 0 Å². The van der Waals surface area contributed by atoms with Crippen molar-refractivity contribution in [2.24, 2.45) is 0 Å². The highest BCUT2D eigenvalue weighted by molar-refractivity contribution is 5.49. The fourth-order valence-corrected chi connectivity index (χ4v) is 2.07. The van der Waals surface area contributed by atoms with Gasteiger partial charge in [-0.2, -0.15) is 0 Å². The number of benzene rings is 2. The van der Waals surface area contributed by atoms with Crippen LogP contribution in [0.5, 0.6) is 0 Å². The summed E-state index contributed by atoms with van der Waals surface area (Å²) in [5.74, 6) is 0. The summed E-state index contributed by atoms with van der Waals surface area (Å²) in [6.45, 7) is 2.14. The lowest BCUT2D eigenvalue weighted by Crippen LogP contribution is -2.06. The number of tetrazole rings is 1. The summed E-state index contributed by atoms with van der Waals surface area (Å²) in [4.78, 5) is 0. The summed E-state index contributed by atoms with van der Waals surface area (Å²) >= 11 is 0. The van der Waals surface area contributed by atoms with Gasteiger partial charge in [-0.15, -0.1) is 5.10 Å². The van der Waals surface area contributed by atoms with Crippen LogP contribution in [0.4, 0.5) is 5.69 Å². The fraction of sp³-hybridized carbons (Fsp3) is 0.133. The molecule has 0 saturated heterocycles. The molecule has 1 N–H and O–H groups in total. The van der Waals surface area contributed by atoms with E-state index in [4.69, 9.17) is 0 Å². The van der Waals surface area contributed by atoms with Gasteiger partial charge in [-0.1, -0.05) is 30.3 Å². The topological polar surface area (TPSA) is 55.6 Å². The Hall–Kier alpha value is -2.69. The van der Waals surface area contributed by atoms with Gasteiger partial charge in [-0.25, -0.2) is 4.68 Å². The predicted molar refractivity (Wildman–Crippen MR) is 77.6 cm³/mol. The molecule has 100 valence electrons. The molecule has 1 heterocycles. The SMILES string of the molecule is CC(Nc1ccc(-n2cnnn2)cc1)c1ccccc1. The van der Waals surface area contributed by atoms with Crippen molar-refractivity contribution in [2.45, 2.75) is 13.0 Å². The van der Waals surface area contributed by atoms with Crippen LogP contribution in [-0.4, -0.2) is 20.2 Å². The highest BCUT2D eigenvalue weighted by Crippen LogP contribution is 2.19. The Labute approximate surface area is 117 Å². The monoisotopic (exact) mass is 265 g/mol. The van der Waals surface area contributed by atoms with Gasteiger partial charge in [-0.3, -0.25) is 0 Å². The van der Waals surface area contributed by atoms with Crippen LogP contribution in [0.1, 0.15) is 18.5 Å². The molecule has 5 nitrogen and oxygen atoms in total. The standard InChI is InChI=1S/C15H15N5/c1-12(13-5-3-2-4-6-13)17-14-7-9-15(10-8-14)20-11-16-18-19-20/h2-12,17H,1H3. The molecule has 0 aliphatic rings. The molecule has 0 fully saturated rings. The zero-order valence-electron chi connectivity index (χ0n) is 11.1. The Morgan fingerprint density at radius 3 is 2.40 bits per heavy atom. The second-order valence-corrected chi connectivity index (χ2v) is 4.58. The van der Waals surface area contributed by atoms with E-state index in [0.717, 1.165) is 11.4 Å². The van der Waals surface area contributed by atoms with Gasteiger partial charge in [-0.05, 0) is 47.2 Å². The number of nitrogens with zero attached hydrogens (tertiary/aromatic N) is 4. The van der Waals surface area contributed by atoms with Crippen molar-refractivity contribution in [3.05, 3.63) is 66.5 Å². The summed E-state index contributed by atoms with van der Waals surface area (Å²) in [5.41, 5.74) is 3.27. The maximum absolute atomic E-state index is 3.86. The number of aromatic nitrogens is 4. The maximum atomic E-state index is 3.86. The van der Waals surface area contributed by atoms with Crippen molar-refractivity contribution in [2.75, 3.05) is 5.32 Å². The normalized spacial score (nSPS) is 12.1. The Morgan fingerprint density at radius 1 is 1.00 bits per heavy atom. The Morgan fingerprint density at radius 2 is 1.75 bits per heavy atom.